The van der Waals surface area contributed by atoms with Crippen molar-refractivity contribution in [3.63, 3.8) is 0 Å². The van der Waals surface area contributed by atoms with Gasteiger partial charge in [0.1, 0.15) is 0 Å². The third kappa shape index (κ3) is 4.92. The summed E-state index contributed by atoms with van der Waals surface area (Å²) in [6.07, 6.45) is 0.878. The number of carboxylic acids is 1. The van der Waals surface area contributed by atoms with Gasteiger partial charge in [0.15, 0.2) is 5.11 Å². The molecule has 130 valence electrons. The van der Waals surface area contributed by atoms with Crippen LogP contribution in [0.1, 0.15) is 33.2 Å². The molecule has 0 fully saturated rings. The van der Waals surface area contributed by atoms with Crippen LogP contribution in [0.3, 0.4) is 0 Å². The van der Waals surface area contributed by atoms with Gasteiger partial charge in [0.05, 0.1) is 21.3 Å². The van der Waals surface area contributed by atoms with Crippen molar-refractivity contribution in [3.05, 3.63) is 63.1 Å². The number of carboxylic acid groups (broad SMARTS) is 1. The van der Waals surface area contributed by atoms with Crippen molar-refractivity contribution in [2.45, 2.75) is 13.3 Å². The Kier molecular flexibility index (Phi) is 6.36. The molecule has 0 saturated carbocycles. The van der Waals surface area contributed by atoms with E-state index in [-0.39, 0.29) is 32.3 Å². The highest BCUT2D eigenvalue weighted by Gasteiger charge is 2.15. The van der Waals surface area contributed by atoms with Crippen LogP contribution in [0, 0.1) is 0 Å². The molecule has 0 aromatic heterocycles. The molecule has 3 N–H and O–H groups in total. The molecule has 2 rings (SSSR count). The minimum absolute atomic E-state index is 0.00835. The molecule has 25 heavy (non-hydrogen) atoms. The molecule has 2 aromatic carbocycles. The van der Waals surface area contributed by atoms with Gasteiger partial charge in [-0.25, -0.2) is 4.79 Å². The number of carbonyl (C=O) groups excluding carboxylic acids is 1. The van der Waals surface area contributed by atoms with E-state index in [9.17, 15) is 9.59 Å². The number of hydrogen-bond acceptors (Lipinski definition) is 3. The Morgan fingerprint density at radius 2 is 1.76 bits per heavy atom. The average Bonchev–Trinajstić information content (AvgIpc) is 2.57. The molecular weight excluding hydrogens is 383 g/mol. The Bertz CT molecular complexity index is 839. The van der Waals surface area contributed by atoms with Gasteiger partial charge in [-0.15, -0.1) is 0 Å². The first-order valence-electron chi connectivity index (χ1n) is 7.25. The first kappa shape index (κ1) is 19.2. The largest absolute Gasteiger partial charge is 0.478 e. The lowest BCUT2D eigenvalue weighted by Crippen LogP contribution is -2.34. The molecule has 0 aliphatic rings. The standard InChI is InChI=1S/C17H14Cl2N2O3S/c1-2-9-3-5-10(6-4-9)15(22)21-17(25)20-14-7-11(16(23)24)12(18)8-13(14)19/h3-8H,2H2,1H3,(H,23,24)(H2,20,21,22,25). The zero-order valence-corrected chi connectivity index (χ0v) is 15.4. The van der Waals surface area contributed by atoms with Crippen LogP contribution in [0.15, 0.2) is 36.4 Å². The van der Waals surface area contributed by atoms with Crippen molar-refractivity contribution in [2.75, 3.05) is 5.32 Å². The zero-order chi connectivity index (χ0) is 18.6. The summed E-state index contributed by atoms with van der Waals surface area (Å²) in [5, 5.41) is 14.5. The summed E-state index contributed by atoms with van der Waals surface area (Å²) in [5.74, 6) is -1.58. The topological polar surface area (TPSA) is 78.4 Å². The maximum atomic E-state index is 12.2. The second-order valence-corrected chi connectivity index (χ2v) is 6.30. The van der Waals surface area contributed by atoms with Gasteiger partial charge >= 0.3 is 5.97 Å². The molecule has 0 saturated heterocycles. The Morgan fingerprint density at radius 1 is 1.12 bits per heavy atom. The summed E-state index contributed by atoms with van der Waals surface area (Å²) >= 11 is 16.9. The van der Waals surface area contributed by atoms with Crippen LogP contribution < -0.4 is 10.6 Å². The predicted molar refractivity (Wildman–Crippen MR) is 103 cm³/mol. The van der Waals surface area contributed by atoms with E-state index in [1.54, 1.807) is 12.1 Å². The number of rotatable bonds is 4. The van der Waals surface area contributed by atoms with Gasteiger partial charge < -0.3 is 10.4 Å². The number of hydrogen-bond donors (Lipinski definition) is 3. The molecule has 0 spiro atoms. The summed E-state index contributed by atoms with van der Waals surface area (Å²) in [6.45, 7) is 2.02. The van der Waals surface area contributed by atoms with Crippen LogP contribution in [0.5, 0.6) is 0 Å². The molecule has 0 atom stereocenters. The van der Waals surface area contributed by atoms with Gasteiger partial charge in [0.25, 0.3) is 5.91 Å². The maximum Gasteiger partial charge on any atom is 0.337 e. The summed E-state index contributed by atoms with van der Waals surface area (Å²) in [5.41, 5.74) is 1.68. The van der Waals surface area contributed by atoms with E-state index >= 15 is 0 Å². The highest BCUT2D eigenvalue weighted by atomic mass is 35.5. The van der Waals surface area contributed by atoms with Gasteiger partial charge in [-0.1, -0.05) is 42.3 Å². The predicted octanol–water partition coefficient (Wildman–Crippen LogP) is 4.38. The zero-order valence-electron chi connectivity index (χ0n) is 13.1. The summed E-state index contributed by atoms with van der Waals surface area (Å²) in [7, 11) is 0. The van der Waals surface area contributed by atoms with E-state index in [0.717, 1.165) is 12.0 Å². The molecule has 0 aliphatic heterocycles. The Morgan fingerprint density at radius 3 is 2.32 bits per heavy atom. The fraction of sp³-hybridized carbons (Fsp3) is 0.118. The average molecular weight is 397 g/mol. The monoisotopic (exact) mass is 396 g/mol. The minimum atomic E-state index is -1.20. The molecule has 8 heteroatoms. The smallest absolute Gasteiger partial charge is 0.337 e. The van der Waals surface area contributed by atoms with E-state index in [1.807, 2.05) is 19.1 Å². The van der Waals surface area contributed by atoms with Crippen LogP contribution >= 0.6 is 35.4 Å². The van der Waals surface area contributed by atoms with Crippen molar-refractivity contribution < 1.29 is 14.7 Å². The summed E-state index contributed by atoms with van der Waals surface area (Å²) in [4.78, 5) is 23.3. The lowest BCUT2D eigenvalue weighted by Gasteiger charge is -2.12. The van der Waals surface area contributed by atoms with E-state index in [2.05, 4.69) is 10.6 Å². The van der Waals surface area contributed by atoms with Crippen molar-refractivity contribution in [1.29, 1.82) is 0 Å². The number of halogens is 2. The minimum Gasteiger partial charge on any atom is -0.478 e. The molecule has 1 amide bonds. The number of thiocarbonyl (C=S) groups is 1. The lowest BCUT2D eigenvalue weighted by molar-refractivity contribution is 0.0697. The van der Waals surface area contributed by atoms with Crippen LogP contribution in [0.2, 0.25) is 10.0 Å². The number of nitrogens with one attached hydrogen (secondary N) is 2. The molecular formula is C17H14Cl2N2O3S. The van der Waals surface area contributed by atoms with Crippen LogP contribution in [-0.2, 0) is 6.42 Å². The van der Waals surface area contributed by atoms with E-state index in [1.165, 1.54) is 12.1 Å². The van der Waals surface area contributed by atoms with Crippen molar-refractivity contribution in [2.24, 2.45) is 0 Å². The van der Waals surface area contributed by atoms with Gasteiger partial charge in [-0.2, -0.15) is 0 Å². The third-order valence-corrected chi connectivity index (χ3v) is 4.22. The Labute approximate surface area is 159 Å². The molecule has 0 bridgehead atoms. The number of aromatic carboxylic acids is 1. The van der Waals surface area contributed by atoms with Crippen LogP contribution in [0.25, 0.3) is 0 Å². The number of anilines is 1. The Hall–Kier alpha value is -2.15. The van der Waals surface area contributed by atoms with Gasteiger partial charge in [-0.05, 0) is 48.5 Å². The number of amides is 1. The van der Waals surface area contributed by atoms with E-state index in [4.69, 9.17) is 40.5 Å². The van der Waals surface area contributed by atoms with Crippen molar-refractivity contribution in [3.8, 4) is 0 Å². The fourth-order valence-electron chi connectivity index (χ4n) is 2.03. The maximum absolute atomic E-state index is 12.2. The first-order chi connectivity index (χ1) is 11.8. The summed E-state index contributed by atoms with van der Waals surface area (Å²) < 4.78 is 0. The van der Waals surface area contributed by atoms with E-state index in [0.29, 0.717) is 5.56 Å². The fourth-order valence-corrected chi connectivity index (χ4v) is 2.74. The second-order valence-electron chi connectivity index (χ2n) is 5.08. The number of carbonyl (C=O) groups is 2. The highest BCUT2D eigenvalue weighted by molar-refractivity contribution is 7.80. The van der Waals surface area contributed by atoms with Crippen LogP contribution in [-0.4, -0.2) is 22.1 Å². The lowest BCUT2D eigenvalue weighted by atomic mass is 10.1. The van der Waals surface area contributed by atoms with Crippen molar-refractivity contribution >= 4 is 58.1 Å². The molecule has 5 nitrogen and oxygen atoms in total. The van der Waals surface area contributed by atoms with E-state index < -0.39 is 5.97 Å². The highest BCUT2D eigenvalue weighted by Crippen LogP contribution is 2.29. The third-order valence-electron chi connectivity index (χ3n) is 3.39. The second kappa shape index (κ2) is 8.29. The Balaban J connectivity index is 2.10. The molecule has 0 aliphatic carbocycles. The first-order valence-corrected chi connectivity index (χ1v) is 8.41. The van der Waals surface area contributed by atoms with Crippen LogP contribution in [0.4, 0.5) is 5.69 Å². The number of aryl methyl sites for hydroxylation is 1. The summed E-state index contributed by atoms with van der Waals surface area (Å²) in [6, 6.07) is 9.68. The van der Waals surface area contributed by atoms with Gasteiger partial charge in [0, 0.05) is 5.56 Å². The normalized spacial score (nSPS) is 10.2. The molecule has 0 radical (unpaired) electrons. The van der Waals surface area contributed by atoms with Crippen molar-refractivity contribution in [1.82, 2.24) is 5.32 Å². The van der Waals surface area contributed by atoms with Gasteiger partial charge in [-0.3, -0.25) is 10.1 Å². The van der Waals surface area contributed by atoms with Gasteiger partial charge in [0.2, 0.25) is 0 Å². The number of benzene rings is 2. The molecule has 2 aromatic rings. The molecule has 0 unspecified atom stereocenters. The quantitative estimate of drug-likeness (QED) is 0.668. The SMILES string of the molecule is CCc1ccc(C(=O)NC(=S)Nc2cc(C(=O)O)c(Cl)cc2Cl)cc1. The molecule has 0 heterocycles.